The molecule has 1 aromatic rings. The molecule has 6 heteroatoms. The summed E-state index contributed by atoms with van der Waals surface area (Å²) in [5.41, 5.74) is 1.11. The second-order valence-corrected chi connectivity index (χ2v) is 8.12. The molecule has 2 aliphatic rings. The van der Waals surface area contributed by atoms with E-state index in [4.69, 9.17) is 0 Å². The first-order chi connectivity index (χ1) is 9.96. The van der Waals surface area contributed by atoms with Crippen molar-refractivity contribution in [1.82, 2.24) is 10.2 Å². The van der Waals surface area contributed by atoms with E-state index in [2.05, 4.69) is 5.32 Å². The quantitative estimate of drug-likeness (QED) is 0.886. The predicted molar refractivity (Wildman–Crippen MR) is 80.4 cm³/mol. The van der Waals surface area contributed by atoms with Crippen LogP contribution in [0, 0.1) is 0 Å². The smallest absolute Gasteiger partial charge is 0.241 e. The Morgan fingerprint density at radius 1 is 1.29 bits per heavy atom. The molecule has 1 aromatic carbocycles. The monoisotopic (exact) mass is 308 g/mol. The predicted octanol–water partition coefficient (Wildman–Crippen LogP) is 0.563. The number of rotatable bonds is 3. The molecule has 114 valence electrons. The van der Waals surface area contributed by atoms with Crippen molar-refractivity contribution in [2.75, 3.05) is 11.5 Å². The average molecular weight is 308 g/mol. The van der Waals surface area contributed by atoms with Crippen LogP contribution < -0.4 is 5.32 Å². The highest BCUT2D eigenvalue weighted by Gasteiger charge is 2.43. The molecule has 0 aliphatic carbocycles. The highest BCUT2D eigenvalue weighted by molar-refractivity contribution is 7.91. The number of carbonyl (C=O) groups is 1. The molecule has 0 radical (unpaired) electrons. The van der Waals surface area contributed by atoms with E-state index in [0.717, 1.165) is 5.56 Å². The average Bonchev–Trinajstić information content (AvgIpc) is 2.91. The van der Waals surface area contributed by atoms with E-state index in [1.54, 1.807) is 4.90 Å². The lowest BCUT2D eigenvalue weighted by atomic mass is 10.1. The van der Waals surface area contributed by atoms with Crippen LogP contribution in [0.15, 0.2) is 30.3 Å². The molecular weight excluding hydrogens is 288 g/mol. The van der Waals surface area contributed by atoms with Crippen LogP contribution in [0.5, 0.6) is 0 Å². The summed E-state index contributed by atoms with van der Waals surface area (Å²) in [7, 11) is -2.98. The first kappa shape index (κ1) is 14.5. The fourth-order valence-corrected chi connectivity index (χ4v) is 5.01. The zero-order valence-corrected chi connectivity index (χ0v) is 12.8. The van der Waals surface area contributed by atoms with E-state index >= 15 is 0 Å². The summed E-state index contributed by atoms with van der Waals surface area (Å²) in [4.78, 5) is 14.3. The molecule has 5 nitrogen and oxygen atoms in total. The molecule has 1 amide bonds. The van der Waals surface area contributed by atoms with Gasteiger partial charge in [-0.05, 0) is 25.3 Å². The molecule has 0 aromatic heterocycles. The lowest BCUT2D eigenvalue weighted by Gasteiger charge is -2.26. The number of carbonyl (C=O) groups excluding carboxylic acids is 1. The number of sulfone groups is 1. The largest absolute Gasteiger partial charge is 0.322 e. The zero-order chi connectivity index (χ0) is 15.0. The molecule has 2 aliphatic heterocycles. The van der Waals surface area contributed by atoms with Crippen LogP contribution in [-0.4, -0.2) is 49.0 Å². The number of nitrogens with zero attached hydrogens (tertiary/aromatic N) is 1. The van der Waals surface area contributed by atoms with E-state index in [1.807, 2.05) is 37.3 Å². The summed E-state index contributed by atoms with van der Waals surface area (Å²) >= 11 is 0. The molecule has 3 rings (SSSR count). The Bertz CT molecular complexity index is 630. The maximum absolute atomic E-state index is 12.6. The maximum atomic E-state index is 12.6. The molecule has 0 spiro atoms. The normalized spacial score (nSPS) is 31.8. The van der Waals surface area contributed by atoms with Crippen LogP contribution in [0.2, 0.25) is 0 Å². The van der Waals surface area contributed by atoms with Gasteiger partial charge >= 0.3 is 0 Å². The van der Waals surface area contributed by atoms with E-state index < -0.39 is 9.84 Å². The van der Waals surface area contributed by atoms with Crippen LogP contribution >= 0.6 is 0 Å². The molecule has 1 N–H and O–H groups in total. The topological polar surface area (TPSA) is 66.5 Å². The van der Waals surface area contributed by atoms with Gasteiger partial charge in [0.2, 0.25) is 5.91 Å². The fraction of sp³-hybridized carbons (Fsp3) is 0.533. The van der Waals surface area contributed by atoms with Crippen LogP contribution in [0.1, 0.15) is 18.9 Å². The van der Waals surface area contributed by atoms with Gasteiger partial charge in [0, 0.05) is 6.04 Å². The summed E-state index contributed by atoms with van der Waals surface area (Å²) in [6.45, 7) is 1.92. The first-order valence-corrected chi connectivity index (χ1v) is 9.11. The summed E-state index contributed by atoms with van der Waals surface area (Å²) in [5, 5.41) is 3.29. The Hall–Kier alpha value is -1.40. The summed E-state index contributed by atoms with van der Waals surface area (Å²) in [5.74, 6) is 0.314. The van der Waals surface area contributed by atoms with Gasteiger partial charge in [-0.1, -0.05) is 30.3 Å². The van der Waals surface area contributed by atoms with Gasteiger partial charge in [-0.3, -0.25) is 10.1 Å². The van der Waals surface area contributed by atoms with Gasteiger partial charge in [0.05, 0.1) is 23.7 Å². The standard InChI is InChI=1S/C15H20N2O3S/c1-11-16-14(9-12-5-3-2-4-6-12)15(18)17(11)13-7-8-21(19,20)10-13/h2-6,11,13-14,16H,7-10H2,1H3. The molecule has 3 atom stereocenters. The van der Waals surface area contributed by atoms with Crippen molar-refractivity contribution in [1.29, 1.82) is 0 Å². The lowest BCUT2D eigenvalue weighted by molar-refractivity contribution is -0.131. The molecule has 3 unspecified atom stereocenters. The lowest BCUT2D eigenvalue weighted by Crippen LogP contribution is -2.43. The van der Waals surface area contributed by atoms with E-state index in [9.17, 15) is 13.2 Å². The molecule has 0 saturated carbocycles. The van der Waals surface area contributed by atoms with Crippen molar-refractivity contribution < 1.29 is 13.2 Å². The van der Waals surface area contributed by atoms with Gasteiger partial charge in [0.15, 0.2) is 9.84 Å². The van der Waals surface area contributed by atoms with Crippen LogP contribution in [-0.2, 0) is 21.1 Å². The molecule has 2 saturated heterocycles. The Balaban J connectivity index is 1.72. The zero-order valence-electron chi connectivity index (χ0n) is 12.0. The molecule has 0 bridgehead atoms. The molecule has 2 fully saturated rings. The minimum absolute atomic E-state index is 0.0217. The van der Waals surface area contributed by atoms with Crippen LogP contribution in [0.4, 0.5) is 0 Å². The fourth-order valence-electron chi connectivity index (χ4n) is 3.30. The molecule has 21 heavy (non-hydrogen) atoms. The van der Waals surface area contributed by atoms with Crippen molar-refractivity contribution in [2.45, 2.75) is 38.0 Å². The summed E-state index contributed by atoms with van der Waals surface area (Å²) in [6.07, 6.45) is 1.09. The minimum atomic E-state index is -2.98. The summed E-state index contributed by atoms with van der Waals surface area (Å²) < 4.78 is 23.3. The maximum Gasteiger partial charge on any atom is 0.241 e. The highest BCUT2D eigenvalue weighted by atomic mass is 32.2. The van der Waals surface area contributed by atoms with Crippen molar-refractivity contribution in [2.24, 2.45) is 0 Å². The van der Waals surface area contributed by atoms with Crippen LogP contribution in [0.3, 0.4) is 0 Å². The third-order valence-electron chi connectivity index (χ3n) is 4.30. The number of nitrogens with one attached hydrogen (secondary N) is 1. The number of hydrogen-bond acceptors (Lipinski definition) is 4. The number of amides is 1. The third-order valence-corrected chi connectivity index (χ3v) is 6.05. The van der Waals surface area contributed by atoms with Gasteiger partial charge in [-0.2, -0.15) is 0 Å². The van der Waals surface area contributed by atoms with E-state index in [0.29, 0.717) is 12.8 Å². The Morgan fingerprint density at radius 3 is 2.62 bits per heavy atom. The van der Waals surface area contributed by atoms with E-state index in [-0.39, 0.29) is 35.7 Å². The molecular formula is C15H20N2O3S. The Labute approximate surface area is 125 Å². The van der Waals surface area contributed by atoms with Crippen molar-refractivity contribution in [3.63, 3.8) is 0 Å². The first-order valence-electron chi connectivity index (χ1n) is 7.29. The van der Waals surface area contributed by atoms with Crippen molar-refractivity contribution in [3.8, 4) is 0 Å². The molecule has 2 heterocycles. The SMILES string of the molecule is CC1NC(Cc2ccccc2)C(=O)N1C1CCS(=O)(=O)C1. The highest BCUT2D eigenvalue weighted by Crippen LogP contribution is 2.24. The van der Waals surface area contributed by atoms with Crippen LogP contribution in [0.25, 0.3) is 0 Å². The van der Waals surface area contributed by atoms with Gasteiger partial charge < -0.3 is 4.90 Å². The van der Waals surface area contributed by atoms with Gasteiger partial charge in [0.1, 0.15) is 0 Å². The van der Waals surface area contributed by atoms with E-state index in [1.165, 1.54) is 0 Å². The number of benzene rings is 1. The third kappa shape index (κ3) is 2.96. The second-order valence-electron chi connectivity index (χ2n) is 5.89. The second kappa shape index (κ2) is 5.42. The minimum Gasteiger partial charge on any atom is -0.322 e. The Kier molecular flexibility index (Phi) is 3.75. The van der Waals surface area contributed by atoms with Gasteiger partial charge in [0.25, 0.3) is 0 Å². The Morgan fingerprint density at radius 2 is 2.00 bits per heavy atom. The van der Waals surface area contributed by atoms with Gasteiger partial charge in [-0.25, -0.2) is 8.42 Å². The van der Waals surface area contributed by atoms with Crippen molar-refractivity contribution >= 4 is 15.7 Å². The number of hydrogen-bond donors (Lipinski definition) is 1. The summed E-state index contributed by atoms with van der Waals surface area (Å²) in [6, 6.07) is 9.44. The van der Waals surface area contributed by atoms with Gasteiger partial charge in [-0.15, -0.1) is 0 Å². The van der Waals surface area contributed by atoms with Crippen molar-refractivity contribution in [3.05, 3.63) is 35.9 Å².